The van der Waals surface area contributed by atoms with Crippen LogP contribution < -0.4 is 0 Å². The number of hydrogen-bond acceptors (Lipinski definition) is 2. The molecule has 0 fully saturated rings. The number of alkyl halides is 1. The first-order valence-electron chi connectivity index (χ1n) is 6.30. The lowest BCUT2D eigenvalue weighted by molar-refractivity contribution is 0.102. The van der Waals surface area contributed by atoms with Crippen molar-refractivity contribution in [3.63, 3.8) is 0 Å². The van der Waals surface area contributed by atoms with E-state index >= 15 is 0 Å². The van der Waals surface area contributed by atoms with Crippen molar-refractivity contribution in [3.05, 3.63) is 34.9 Å². The molecule has 0 saturated carbocycles. The van der Waals surface area contributed by atoms with Gasteiger partial charge in [-0.2, -0.15) is 5.10 Å². The summed E-state index contributed by atoms with van der Waals surface area (Å²) in [4.78, 5) is 11.8. The molecule has 0 radical (unpaired) electrons. The zero-order valence-corrected chi connectivity index (χ0v) is 12.5. The van der Waals surface area contributed by atoms with Gasteiger partial charge < -0.3 is 4.57 Å². The Morgan fingerprint density at radius 1 is 1.42 bits per heavy atom. The minimum atomic E-state index is -0.0389. The van der Waals surface area contributed by atoms with Crippen LogP contribution >= 0.6 is 11.6 Å². The summed E-state index contributed by atoms with van der Waals surface area (Å²) in [5, 5.41) is 4.45. The number of aryl methyl sites for hydroxylation is 3. The zero-order chi connectivity index (χ0) is 14.2. The Morgan fingerprint density at radius 2 is 2.11 bits per heavy atom. The maximum Gasteiger partial charge on any atom is 0.179 e. The van der Waals surface area contributed by atoms with Crippen LogP contribution in [-0.2, 0) is 13.5 Å². The Balaban J connectivity index is 2.62. The van der Waals surface area contributed by atoms with E-state index in [0.29, 0.717) is 5.56 Å². The third-order valence-corrected chi connectivity index (χ3v) is 3.55. The highest BCUT2D eigenvalue weighted by Gasteiger charge is 2.18. The second-order valence-corrected chi connectivity index (χ2v) is 4.93. The monoisotopic (exact) mass is 279 g/mol. The third kappa shape index (κ3) is 2.32. The Hall–Kier alpha value is -1.55. The molecule has 2 rings (SSSR count). The summed E-state index contributed by atoms with van der Waals surface area (Å²) in [5.41, 5.74) is 4.70. The Labute approximate surface area is 118 Å². The lowest BCUT2D eigenvalue weighted by atomic mass is 10.2. The number of carbonyl (C=O) groups excluding carboxylic acids is 1. The fourth-order valence-corrected chi connectivity index (χ4v) is 2.59. The topological polar surface area (TPSA) is 39.8 Å². The first-order chi connectivity index (χ1) is 8.99. The number of hydrogen-bond donors (Lipinski definition) is 0. The lowest BCUT2D eigenvalue weighted by Crippen LogP contribution is -2.05. The van der Waals surface area contributed by atoms with Crippen LogP contribution in [0.3, 0.4) is 0 Å². The fourth-order valence-electron chi connectivity index (χ4n) is 2.45. The fraction of sp³-hybridized carbons (Fsp3) is 0.429. The van der Waals surface area contributed by atoms with Crippen LogP contribution in [0.2, 0.25) is 0 Å². The molecule has 0 unspecified atom stereocenters. The highest BCUT2D eigenvalue weighted by atomic mass is 35.5. The van der Waals surface area contributed by atoms with Gasteiger partial charge in [-0.15, -0.1) is 11.6 Å². The van der Waals surface area contributed by atoms with Crippen molar-refractivity contribution < 1.29 is 4.79 Å². The highest BCUT2D eigenvalue weighted by molar-refractivity contribution is 6.30. The van der Waals surface area contributed by atoms with Crippen LogP contribution in [-0.4, -0.2) is 26.0 Å². The molecule has 2 aromatic rings. The average molecular weight is 280 g/mol. The second kappa shape index (κ2) is 5.21. The molecule has 2 aromatic heterocycles. The van der Waals surface area contributed by atoms with Crippen molar-refractivity contribution >= 4 is 17.4 Å². The van der Waals surface area contributed by atoms with E-state index in [9.17, 15) is 4.79 Å². The summed E-state index contributed by atoms with van der Waals surface area (Å²) < 4.78 is 3.88. The Morgan fingerprint density at radius 3 is 2.68 bits per heavy atom. The van der Waals surface area contributed by atoms with Gasteiger partial charge in [-0.3, -0.25) is 9.48 Å². The Kier molecular flexibility index (Phi) is 3.80. The number of aromatic nitrogens is 3. The summed E-state index contributed by atoms with van der Waals surface area (Å²) in [7, 11) is 1.90. The molecule has 0 aliphatic carbocycles. The van der Waals surface area contributed by atoms with E-state index in [1.807, 2.05) is 33.2 Å². The van der Waals surface area contributed by atoms with Gasteiger partial charge in [-0.25, -0.2) is 0 Å². The van der Waals surface area contributed by atoms with E-state index in [1.165, 1.54) is 0 Å². The first-order valence-corrected chi connectivity index (χ1v) is 6.84. The molecule has 102 valence electrons. The number of nitrogens with zero attached hydrogens (tertiary/aromatic N) is 3. The number of halogens is 1. The molecule has 2 heterocycles. The molecule has 0 saturated heterocycles. The number of rotatable bonds is 4. The average Bonchev–Trinajstić information content (AvgIpc) is 2.88. The molecule has 0 aliphatic rings. The van der Waals surface area contributed by atoms with Crippen LogP contribution in [0.4, 0.5) is 0 Å². The van der Waals surface area contributed by atoms with Crippen molar-refractivity contribution in [1.82, 2.24) is 14.3 Å². The molecular weight excluding hydrogens is 262 g/mol. The van der Waals surface area contributed by atoms with E-state index in [-0.39, 0.29) is 11.7 Å². The number of ketones is 1. The minimum Gasteiger partial charge on any atom is -0.315 e. The third-order valence-electron chi connectivity index (χ3n) is 3.31. The van der Waals surface area contributed by atoms with Crippen LogP contribution in [0, 0.1) is 13.8 Å². The van der Waals surface area contributed by atoms with Crippen LogP contribution in [0.5, 0.6) is 0 Å². The largest absolute Gasteiger partial charge is 0.315 e. The molecule has 4 nitrogen and oxygen atoms in total. The summed E-state index contributed by atoms with van der Waals surface area (Å²) in [5.74, 6) is -0.0271. The molecule has 0 aromatic carbocycles. The van der Waals surface area contributed by atoms with E-state index < -0.39 is 0 Å². The summed E-state index contributed by atoms with van der Waals surface area (Å²) in [6.07, 6.45) is 2.83. The molecule has 5 heteroatoms. The molecule has 0 bridgehead atoms. The van der Waals surface area contributed by atoms with Crippen molar-refractivity contribution in [3.8, 4) is 5.69 Å². The molecular formula is C14H18ClN3O. The van der Waals surface area contributed by atoms with Gasteiger partial charge in [0.05, 0.1) is 17.3 Å². The predicted octanol–water partition coefficient (Wildman–Crippen LogP) is 2.81. The van der Waals surface area contributed by atoms with Gasteiger partial charge in [-0.05, 0) is 26.3 Å². The van der Waals surface area contributed by atoms with Crippen LogP contribution in [0.1, 0.15) is 34.4 Å². The lowest BCUT2D eigenvalue weighted by Gasteiger charge is -2.08. The number of carbonyl (C=O) groups is 1. The standard InChI is InChI=1S/C14H18ClN3O/c1-5-12-13(8-17(4)16-12)18-9(2)6-11(10(18)3)14(19)7-15/h6,8H,5,7H2,1-4H3. The zero-order valence-electron chi connectivity index (χ0n) is 11.7. The second-order valence-electron chi connectivity index (χ2n) is 4.67. The maximum absolute atomic E-state index is 11.8. The molecule has 0 aliphatic heterocycles. The molecule has 0 spiro atoms. The number of Topliss-reactive ketones (excluding diaryl/α,β-unsaturated/α-hetero) is 1. The van der Waals surface area contributed by atoms with Gasteiger partial charge in [-0.1, -0.05) is 6.92 Å². The summed E-state index contributed by atoms with van der Waals surface area (Å²) in [6, 6.07) is 1.90. The normalized spacial score (nSPS) is 11.0. The van der Waals surface area contributed by atoms with Crippen molar-refractivity contribution in [1.29, 1.82) is 0 Å². The minimum absolute atomic E-state index is 0.0119. The van der Waals surface area contributed by atoms with Gasteiger partial charge in [0.2, 0.25) is 0 Å². The van der Waals surface area contributed by atoms with Crippen molar-refractivity contribution in [2.75, 3.05) is 5.88 Å². The van der Waals surface area contributed by atoms with Crippen LogP contribution in [0.15, 0.2) is 12.3 Å². The molecule has 0 amide bonds. The molecule has 19 heavy (non-hydrogen) atoms. The van der Waals surface area contributed by atoms with Crippen molar-refractivity contribution in [2.24, 2.45) is 7.05 Å². The SMILES string of the molecule is CCc1nn(C)cc1-n1c(C)cc(C(=O)CCl)c1C. The quantitative estimate of drug-likeness (QED) is 0.638. The van der Waals surface area contributed by atoms with E-state index in [4.69, 9.17) is 11.6 Å². The first kappa shape index (κ1) is 13.9. The van der Waals surface area contributed by atoms with Gasteiger partial charge in [0, 0.05) is 30.2 Å². The Bertz CT molecular complexity index is 625. The van der Waals surface area contributed by atoms with E-state index in [2.05, 4.69) is 16.6 Å². The van der Waals surface area contributed by atoms with Gasteiger partial charge in [0.15, 0.2) is 5.78 Å². The van der Waals surface area contributed by atoms with Gasteiger partial charge in [0.25, 0.3) is 0 Å². The smallest absolute Gasteiger partial charge is 0.179 e. The molecule has 0 atom stereocenters. The van der Waals surface area contributed by atoms with Gasteiger partial charge in [0.1, 0.15) is 0 Å². The van der Waals surface area contributed by atoms with E-state index in [1.54, 1.807) is 4.68 Å². The predicted molar refractivity (Wildman–Crippen MR) is 76.4 cm³/mol. The van der Waals surface area contributed by atoms with Crippen molar-refractivity contribution in [2.45, 2.75) is 27.2 Å². The van der Waals surface area contributed by atoms with Crippen LogP contribution in [0.25, 0.3) is 5.69 Å². The van der Waals surface area contributed by atoms with E-state index in [0.717, 1.165) is 29.2 Å². The highest BCUT2D eigenvalue weighted by Crippen LogP contribution is 2.23. The molecule has 0 N–H and O–H groups in total. The maximum atomic E-state index is 11.8. The summed E-state index contributed by atoms with van der Waals surface area (Å²) >= 11 is 5.65. The summed E-state index contributed by atoms with van der Waals surface area (Å²) in [6.45, 7) is 6.01. The van der Waals surface area contributed by atoms with Gasteiger partial charge >= 0.3 is 0 Å².